The van der Waals surface area contributed by atoms with Crippen LogP contribution in [0.1, 0.15) is 26.3 Å². The maximum Gasteiger partial charge on any atom is 0.335 e. The van der Waals surface area contributed by atoms with Crippen molar-refractivity contribution in [3.63, 3.8) is 0 Å². The molecule has 0 aliphatic carbocycles. The van der Waals surface area contributed by atoms with Gasteiger partial charge >= 0.3 is 5.97 Å². The highest BCUT2D eigenvalue weighted by molar-refractivity contribution is 5.97. The number of carbonyl (C=O) groups is 2. The van der Waals surface area contributed by atoms with Crippen LogP contribution in [0.25, 0.3) is 0 Å². The number of carbonyl (C=O) groups excluding carboxylic acids is 1. The van der Waals surface area contributed by atoms with E-state index in [0.717, 1.165) is 5.56 Å². The topological polar surface area (TPSA) is 74.6 Å². The van der Waals surface area contributed by atoms with Crippen LogP contribution >= 0.6 is 0 Å². The fourth-order valence-corrected chi connectivity index (χ4v) is 1.70. The minimum atomic E-state index is -0.989. The van der Waals surface area contributed by atoms with Gasteiger partial charge in [0.15, 0.2) is 5.78 Å². The van der Waals surface area contributed by atoms with E-state index in [1.807, 2.05) is 0 Å². The summed E-state index contributed by atoms with van der Waals surface area (Å²) in [4.78, 5) is 22.6. The monoisotopic (exact) mass is 256 g/mol. The average Bonchev–Trinajstić information content (AvgIpc) is 2.40. The molecule has 2 rings (SSSR count). The quantitative estimate of drug-likeness (QED) is 0.824. The second-order valence-corrected chi connectivity index (χ2v) is 4.15. The zero-order valence-corrected chi connectivity index (χ0v) is 10.0. The summed E-state index contributed by atoms with van der Waals surface area (Å²) in [6.07, 6.45) is 0.199. The van der Waals surface area contributed by atoms with Crippen LogP contribution in [0, 0.1) is 0 Å². The van der Waals surface area contributed by atoms with Gasteiger partial charge in [-0.25, -0.2) is 4.79 Å². The number of aromatic carboxylic acids is 1. The number of carboxylic acids is 1. The zero-order chi connectivity index (χ0) is 13.8. The van der Waals surface area contributed by atoms with Crippen molar-refractivity contribution >= 4 is 11.8 Å². The Morgan fingerprint density at radius 2 is 1.37 bits per heavy atom. The Morgan fingerprint density at radius 1 is 0.842 bits per heavy atom. The van der Waals surface area contributed by atoms with Crippen LogP contribution in [-0.2, 0) is 6.42 Å². The van der Waals surface area contributed by atoms with Gasteiger partial charge in [-0.3, -0.25) is 4.79 Å². The van der Waals surface area contributed by atoms with Crippen LogP contribution in [0.4, 0.5) is 0 Å². The van der Waals surface area contributed by atoms with E-state index in [1.54, 1.807) is 24.3 Å². The van der Waals surface area contributed by atoms with Gasteiger partial charge in [0, 0.05) is 12.0 Å². The number of rotatable bonds is 4. The first-order chi connectivity index (χ1) is 9.06. The van der Waals surface area contributed by atoms with Crippen LogP contribution in [0.3, 0.4) is 0 Å². The molecule has 19 heavy (non-hydrogen) atoms. The molecule has 0 radical (unpaired) electrons. The van der Waals surface area contributed by atoms with Gasteiger partial charge in [-0.05, 0) is 42.0 Å². The number of hydrogen-bond donors (Lipinski definition) is 2. The van der Waals surface area contributed by atoms with Crippen molar-refractivity contribution in [1.29, 1.82) is 0 Å². The van der Waals surface area contributed by atoms with Crippen LogP contribution in [0.5, 0.6) is 5.75 Å². The number of carboxylic acid groups (broad SMARTS) is 1. The smallest absolute Gasteiger partial charge is 0.335 e. The molecule has 0 atom stereocenters. The van der Waals surface area contributed by atoms with Crippen molar-refractivity contribution in [2.24, 2.45) is 0 Å². The van der Waals surface area contributed by atoms with E-state index in [2.05, 4.69) is 0 Å². The molecule has 0 saturated heterocycles. The first-order valence-electron chi connectivity index (χ1n) is 5.71. The highest BCUT2D eigenvalue weighted by Gasteiger charge is 2.08. The Bertz CT molecular complexity index is 597. The molecular formula is C15H12O4. The summed E-state index contributed by atoms with van der Waals surface area (Å²) in [5.41, 5.74) is 1.46. The third-order valence-corrected chi connectivity index (χ3v) is 2.75. The molecule has 0 unspecified atom stereocenters. The molecule has 0 bridgehead atoms. The predicted octanol–water partition coefficient (Wildman–Crippen LogP) is 2.52. The van der Waals surface area contributed by atoms with E-state index in [9.17, 15) is 9.59 Å². The molecule has 0 aromatic heterocycles. The number of phenolic OH excluding ortho intramolecular Hbond substituents is 1. The Morgan fingerprint density at radius 3 is 1.89 bits per heavy atom. The molecule has 0 saturated carbocycles. The Balaban J connectivity index is 2.10. The lowest BCUT2D eigenvalue weighted by molar-refractivity contribution is 0.0696. The SMILES string of the molecule is O=C(O)c1ccc(CC(=O)c2ccc(O)cc2)cc1. The van der Waals surface area contributed by atoms with Crippen LogP contribution in [0.2, 0.25) is 0 Å². The third kappa shape index (κ3) is 3.19. The normalized spacial score (nSPS) is 10.1. The maximum absolute atomic E-state index is 11.9. The molecule has 0 spiro atoms. The molecule has 96 valence electrons. The van der Waals surface area contributed by atoms with Gasteiger partial charge in [0.05, 0.1) is 5.56 Å². The van der Waals surface area contributed by atoms with Crippen molar-refractivity contribution in [1.82, 2.24) is 0 Å². The van der Waals surface area contributed by atoms with Crippen molar-refractivity contribution < 1.29 is 19.8 Å². The maximum atomic E-state index is 11.9. The third-order valence-electron chi connectivity index (χ3n) is 2.75. The highest BCUT2D eigenvalue weighted by atomic mass is 16.4. The molecule has 0 aliphatic heterocycles. The van der Waals surface area contributed by atoms with Crippen molar-refractivity contribution in [2.45, 2.75) is 6.42 Å². The molecule has 4 nitrogen and oxygen atoms in total. The fraction of sp³-hybridized carbons (Fsp3) is 0.0667. The van der Waals surface area contributed by atoms with Crippen molar-refractivity contribution in [3.05, 3.63) is 65.2 Å². The molecule has 2 aromatic rings. The summed E-state index contributed by atoms with van der Waals surface area (Å²) in [6, 6.07) is 12.2. The van der Waals surface area contributed by atoms with Crippen LogP contribution in [0.15, 0.2) is 48.5 Å². The summed E-state index contributed by atoms with van der Waals surface area (Å²) in [6.45, 7) is 0. The van der Waals surface area contributed by atoms with Gasteiger partial charge in [-0.2, -0.15) is 0 Å². The van der Waals surface area contributed by atoms with Gasteiger partial charge < -0.3 is 10.2 Å². The molecule has 2 aromatic carbocycles. The standard InChI is InChI=1S/C15H12O4/c16-13-7-5-11(6-8-13)14(17)9-10-1-3-12(4-2-10)15(18)19/h1-8,16H,9H2,(H,18,19). The minimum absolute atomic E-state index is 0.0805. The largest absolute Gasteiger partial charge is 0.508 e. The Labute approximate surface area is 109 Å². The van der Waals surface area contributed by atoms with Gasteiger partial charge in [0.2, 0.25) is 0 Å². The molecule has 2 N–H and O–H groups in total. The number of hydrogen-bond acceptors (Lipinski definition) is 3. The van der Waals surface area contributed by atoms with Crippen molar-refractivity contribution in [2.75, 3.05) is 0 Å². The summed E-state index contributed by atoms with van der Waals surface area (Å²) in [7, 11) is 0. The average molecular weight is 256 g/mol. The second kappa shape index (κ2) is 5.35. The van der Waals surface area contributed by atoms with Crippen LogP contribution < -0.4 is 0 Å². The van der Waals surface area contributed by atoms with E-state index in [-0.39, 0.29) is 23.5 Å². The highest BCUT2D eigenvalue weighted by Crippen LogP contribution is 2.13. The Hall–Kier alpha value is -2.62. The lowest BCUT2D eigenvalue weighted by Crippen LogP contribution is -2.04. The molecule has 4 heteroatoms. The van der Waals surface area contributed by atoms with E-state index >= 15 is 0 Å². The number of ketones is 1. The van der Waals surface area contributed by atoms with E-state index in [1.165, 1.54) is 24.3 Å². The van der Waals surface area contributed by atoms with E-state index in [0.29, 0.717) is 5.56 Å². The summed E-state index contributed by atoms with van der Waals surface area (Å²) in [5.74, 6) is -0.957. The molecule has 0 aliphatic rings. The second-order valence-electron chi connectivity index (χ2n) is 4.15. The zero-order valence-electron chi connectivity index (χ0n) is 10.0. The first kappa shape index (κ1) is 12.8. The molecule has 0 heterocycles. The molecule has 0 fully saturated rings. The number of benzene rings is 2. The van der Waals surface area contributed by atoms with Gasteiger partial charge in [-0.15, -0.1) is 0 Å². The van der Waals surface area contributed by atoms with E-state index < -0.39 is 5.97 Å². The van der Waals surface area contributed by atoms with Gasteiger partial charge in [-0.1, -0.05) is 12.1 Å². The minimum Gasteiger partial charge on any atom is -0.508 e. The first-order valence-corrected chi connectivity index (χ1v) is 5.71. The van der Waals surface area contributed by atoms with Gasteiger partial charge in [0.1, 0.15) is 5.75 Å². The lowest BCUT2D eigenvalue weighted by atomic mass is 10.0. The number of phenols is 1. The fourth-order valence-electron chi connectivity index (χ4n) is 1.70. The number of Topliss-reactive ketones (excluding diaryl/α,β-unsaturated/α-hetero) is 1. The number of aromatic hydroxyl groups is 1. The summed E-state index contributed by atoms with van der Waals surface area (Å²) in [5, 5.41) is 17.9. The predicted molar refractivity (Wildman–Crippen MR) is 69.5 cm³/mol. The molecular weight excluding hydrogens is 244 g/mol. The Kier molecular flexibility index (Phi) is 3.61. The molecule has 0 amide bonds. The van der Waals surface area contributed by atoms with E-state index in [4.69, 9.17) is 10.2 Å². The van der Waals surface area contributed by atoms with Crippen LogP contribution in [-0.4, -0.2) is 22.0 Å². The van der Waals surface area contributed by atoms with Gasteiger partial charge in [0.25, 0.3) is 0 Å². The summed E-state index contributed by atoms with van der Waals surface area (Å²) >= 11 is 0. The van der Waals surface area contributed by atoms with Crippen molar-refractivity contribution in [3.8, 4) is 5.75 Å². The lowest BCUT2D eigenvalue weighted by Gasteiger charge is -2.02. The summed E-state index contributed by atoms with van der Waals surface area (Å²) < 4.78 is 0.